The molecule has 1 aliphatic heterocycles. The lowest BCUT2D eigenvalue weighted by atomic mass is 9.91. The van der Waals surface area contributed by atoms with Crippen molar-refractivity contribution in [3.05, 3.63) is 59.6 Å². The van der Waals surface area contributed by atoms with Crippen molar-refractivity contribution in [3.63, 3.8) is 0 Å². The summed E-state index contributed by atoms with van der Waals surface area (Å²) in [5.74, 6) is -0.661. The minimum atomic E-state index is -0.653. The third kappa shape index (κ3) is 3.33. The van der Waals surface area contributed by atoms with Crippen LogP contribution in [0.2, 0.25) is 0 Å². The summed E-state index contributed by atoms with van der Waals surface area (Å²) < 4.78 is 32.1. The van der Waals surface area contributed by atoms with E-state index >= 15 is 0 Å². The first-order valence-electron chi connectivity index (χ1n) is 7.13. The number of rotatable bonds is 4. The first kappa shape index (κ1) is 14.7. The van der Waals surface area contributed by atoms with Crippen molar-refractivity contribution in [2.75, 3.05) is 0 Å². The van der Waals surface area contributed by atoms with E-state index in [0.717, 1.165) is 11.8 Å². The van der Waals surface area contributed by atoms with Gasteiger partial charge in [0.05, 0.1) is 18.8 Å². The zero-order valence-corrected chi connectivity index (χ0v) is 11.8. The number of amides is 1. The Morgan fingerprint density at radius 1 is 1.27 bits per heavy atom. The Morgan fingerprint density at radius 3 is 2.73 bits per heavy atom. The molecule has 0 radical (unpaired) electrons. The van der Waals surface area contributed by atoms with Crippen molar-refractivity contribution in [3.8, 4) is 0 Å². The lowest BCUT2D eigenvalue weighted by Crippen LogP contribution is -2.48. The number of hydrogen-bond donors (Lipinski definition) is 2. The van der Waals surface area contributed by atoms with Gasteiger partial charge in [0.2, 0.25) is 5.91 Å². The zero-order chi connectivity index (χ0) is 15.5. The molecule has 0 saturated carbocycles. The van der Waals surface area contributed by atoms with Gasteiger partial charge in [-0.05, 0) is 36.2 Å². The largest absolute Gasteiger partial charge is 0.468 e. The minimum Gasteiger partial charge on any atom is -0.468 e. The number of nitrogens with one attached hydrogen (secondary N) is 2. The Kier molecular flexibility index (Phi) is 4.20. The molecule has 1 fully saturated rings. The summed E-state index contributed by atoms with van der Waals surface area (Å²) in [4.78, 5) is 11.7. The molecular formula is C16H16F2N2O2. The van der Waals surface area contributed by atoms with Crippen LogP contribution in [-0.2, 0) is 11.3 Å². The highest BCUT2D eigenvalue weighted by atomic mass is 19.1. The lowest BCUT2D eigenvalue weighted by Gasteiger charge is -2.33. The summed E-state index contributed by atoms with van der Waals surface area (Å²) in [6.45, 7) is 0.488. The fourth-order valence-electron chi connectivity index (χ4n) is 2.73. The van der Waals surface area contributed by atoms with E-state index in [1.807, 2.05) is 6.07 Å². The molecule has 2 N–H and O–H groups in total. The van der Waals surface area contributed by atoms with Gasteiger partial charge in [0.25, 0.3) is 0 Å². The molecule has 4 nitrogen and oxygen atoms in total. The first-order chi connectivity index (χ1) is 10.6. The van der Waals surface area contributed by atoms with Crippen LogP contribution in [0.3, 0.4) is 0 Å². The summed E-state index contributed by atoms with van der Waals surface area (Å²) >= 11 is 0. The number of piperidine rings is 1. The summed E-state index contributed by atoms with van der Waals surface area (Å²) in [7, 11) is 0. The predicted molar refractivity (Wildman–Crippen MR) is 75.8 cm³/mol. The molecular weight excluding hydrogens is 290 g/mol. The van der Waals surface area contributed by atoms with Gasteiger partial charge < -0.3 is 15.1 Å². The molecule has 3 rings (SSSR count). The smallest absolute Gasteiger partial charge is 0.220 e. The molecule has 1 amide bonds. The van der Waals surface area contributed by atoms with Gasteiger partial charge in [-0.25, -0.2) is 8.78 Å². The van der Waals surface area contributed by atoms with Gasteiger partial charge in [-0.15, -0.1) is 0 Å². The maximum Gasteiger partial charge on any atom is 0.220 e. The van der Waals surface area contributed by atoms with Gasteiger partial charge in [0.1, 0.15) is 17.4 Å². The van der Waals surface area contributed by atoms with E-state index in [1.54, 1.807) is 12.3 Å². The van der Waals surface area contributed by atoms with Crippen LogP contribution in [0.15, 0.2) is 41.0 Å². The van der Waals surface area contributed by atoms with Gasteiger partial charge in [-0.3, -0.25) is 4.79 Å². The summed E-state index contributed by atoms with van der Waals surface area (Å²) in [6.07, 6.45) is 2.55. The van der Waals surface area contributed by atoms with E-state index < -0.39 is 17.7 Å². The second-order valence-electron chi connectivity index (χ2n) is 5.35. The van der Waals surface area contributed by atoms with Gasteiger partial charge in [0.15, 0.2) is 0 Å². The molecule has 2 heterocycles. The molecule has 22 heavy (non-hydrogen) atoms. The van der Waals surface area contributed by atoms with Crippen LogP contribution in [0.1, 0.15) is 30.2 Å². The lowest BCUT2D eigenvalue weighted by molar-refractivity contribution is -0.123. The van der Waals surface area contributed by atoms with Crippen LogP contribution in [-0.4, -0.2) is 11.9 Å². The monoisotopic (exact) mass is 306 g/mol. The van der Waals surface area contributed by atoms with Crippen molar-refractivity contribution in [1.82, 2.24) is 10.6 Å². The third-order valence-electron chi connectivity index (χ3n) is 3.76. The van der Waals surface area contributed by atoms with Crippen LogP contribution in [0, 0.1) is 11.6 Å². The van der Waals surface area contributed by atoms with E-state index in [0.29, 0.717) is 24.9 Å². The highest BCUT2D eigenvalue weighted by Gasteiger charge is 2.30. The maximum atomic E-state index is 13.4. The Morgan fingerprint density at radius 2 is 2.05 bits per heavy atom. The summed E-state index contributed by atoms with van der Waals surface area (Å²) in [5, 5.41) is 6.08. The van der Waals surface area contributed by atoms with Crippen LogP contribution in [0.5, 0.6) is 0 Å². The molecule has 0 unspecified atom stereocenters. The second-order valence-corrected chi connectivity index (χ2v) is 5.35. The number of furan rings is 1. The van der Waals surface area contributed by atoms with Crippen molar-refractivity contribution in [1.29, 1.82) is 0 Å². The molecule has 1 aromatic carbocycles. The average Bonchev–Trinajstić information content (AvgIpc) is 2.98. The molecule has 0 spiro atoms. The molecule has 116 valence electrons. The topological polar surface area (TPSA) is 54.3 Å². The minimum absolute atomic E-state index is 0.120. The van der Waals surface area contributed by atoms with Crippen LogP contribution < -0.4 is 10.6 Å². The normalized spacial score (nSPS) is 21.6. The maximum absolute atomic E-state index is 13.4. The van der Waals surface area contributed by atoms with E-state index in [-0.39, 0.29) is 11.9 Å². The molecule has 2 aromatic rings. The molecule has 0 bridgehead atoms. The predicted octanol–water partition coefficient (Wildman–Crippen LogP) is 2.67. The van der Waals surface area contributed by atoms with Gasteiger partial charge in [-0.1, -0.05) is 0 Å². The number of hydrogen-bond acceptors (Lipinski definition) is 3. The van der Waals surface area contributed by atoms with Crippen molar-refractivity contribution >= 4 is 5.91 Å². The van der Waals surface area contributed by atoms with Gasteiger partial charge in [0, 0.05) is 18.5 Å². The third-order valence-corrected chi connectivity index (χ3v) is 3.76. The standard InChI is InChI=1S/C16H16F2N2O2/c17-11-6-10(7-12(18)8-11)16-14(3-4-15(21)20-16)19-9-13-2-1-5-22-13/h1-2,5-8,14,16,19H,3-4,9H2,(H,20,21)/t14-,16+/m1/s1. The fourth-order valence-corrected chi connectivity index (χ4v) is 2.73. The Hall–Kier alpha value is -2.21. The second kappa shape index (κ2) is 6.27. The molecule has 1 aromatic heterocycles. The molecule has 1 aliphatic rings. The summed E-state index contributed by atoms with van der Waals surface area (Å²) in [5.41, 5.74) is 0.419. The molecule has 1 saturated heterocycles. The Balaban J connectivity index is 1.78. The average molecular weight is 306 g/mol. The van der Waals surface area contributed by atoms with Crippen molar-refractivity contribution in [2.24, 2.45) is 0 Å². The van der Waals surface area contributed by atoms with Crippen LogP contribution >= 0.6 is 0 Å². The molecule has 6 heteroatoms. The van der Waals surface area contributed by atoms with Crippen molar-refractivity contribution < 1.29 is 18.0 Å². The Labute approximate surface area is 126 Å². The SMILES string of the molecule is O=C1CC[C@@H](NCc2ccco2)[C@H](c2cc(F)cc(F)c2)N1. The van der Waals surface area contributed by atoms with Crippen molar-refractivity contribution in [2.45, 2.75) is 31.5 Å². The number of benzene rings is 1. The van der Waals surface area contributed by atoms with Gasteiger partial charge >= 0.3 is 0 Å². The van der Waals surface area contributed by atoms with E-state index in [4.69, 9.17) is 4.42 Å². The molecule has 2 atom stereocenters. The first-order valence-corrected chi connectivity index (χ1v) is 7.13. The highest BCUT2D eigenvalue weighted by Crippen LogP contribution is 2.26. The summed E-state index contributed by atoms with van der Waals surface area (Å²) in [6, 6.07) is 6.36. The van der Waals surface area contributed by atoms with E-state index in [1.165, 1.54) is 12.1 Å². The number of carbonyl (C=O) groups excluding carboxylic acids is 1. The highest BCUT2D eigenvalue weighted by molar-refractivity contribution is 5.77. The number of halogens is 2. The number of carbonyl (C=O) groups is 1. The zero-order valence-electron chi connectivity index (χ0n) is 11.8. The van der Waals surface area contributed by atoms with Crippen LogP contribution in [0.25, 0.3) is 0 Å². The fraction of sp³-hybridized carbons (Fsp3) is 0.312. The molecule has 0 aliphatic carbocycles. The Bertz CT molecular complexity index is 638. The quantitative estimate of drug-likeness (QED) is 0.913. The van der Waals surface area contributed by atoms with E-state index in [2.05, 4.69) is 10.6 Å². The van der Waals surface area contributed by atoms with E-state index in [9.17, 15) is 13.6 Å². The van der Waals surface area contributed by atoms with Crippen LogP contribution in [0.4, 0.5) is 8.78 Å². The van der Waals surface area contributed by atoms with Gasteiger partial charge in [-0.2, -0.15) is 0 Å².